The molecule has 30 heavy (non-hydrogen) atoms. The molecule has 0 heterocycles. The molecule has 0 aliphatic rings. The van der Waals surface area contributed by atoms with E-state index in [0.29, 0.717) is 16.9 Å². The van der Waals surface area contributed by atoms with Crippen molar-refractivity contribution in [3.63, 3.8) is 0 Å². The fourth-order valence-electron chi connectivity index (χ4n) is 3.47. The summed E-state index contributed by atoms with van der Waals surface area (Å²) in [7, 11) is 0. The zero-order chi connectivity index (χ0) is 21.1. The van der Waals surface area contributed by atoms with Gasteiger partial charge in [0.25, 0.3) is 0 Å². The molecular weight excluding hydrogens is 378 g/mol. The molecular formula is C25H19NO4. The second-order valence-corrected chi connectivity index (χ2v) is 6.75. The van der Waals surface area contributed by atoms with Gasteiger partial charge in [-0.2, -0.15) is 0 Å². The van der Waals surface area contributed by atoms with Gasteiger partial charge in [0.1, 0.15) is 11.5 Å². The Morgan fingerprint density at radius 3 is 1.77 bits per heavy atom. The summed E-state index contributed by atoms with van der Waals surface area (Å²) in [4.78, 5) is 13.5. The number of rotatable bonds is 4. The van der Waals surface area contributed by atoms with Crippen LogP contribution < -0.4 is 4.90 Å². The number of phenols is 2. The van der Waals surface area contributed by atoms with Crippen molar-refractivity contribution in [3.05, 3.63) is 97.1 Å². The number of para-hydroxylation sites is 1. The number of anilines is 2. The maximum absolute atomic E-state index is 12.3. The molecule has 0 saturated carbocycles. The van der Waals surface area contributed by atoms with Gasteiger partial charge in [-0.1, -0.05) is 54.6 Å². The van der Waals surface area contributed by atoms with Gasteiger partial charge in [-0.05, 0) is 59.2 Å². The Bertz CT molecular complexity index is 1170. The fourth-order valence-corrected chi connectivity index (χ4v) is 3.47. The second-order valence-electron chi connectivity index (χ2n) is 6.75. The van der Waals surface area contributed by atoms with Gasteiger partial charge in [-0.3, -0.25) is 0 Å². The summed E-state index contributed by atoms with van der Waals surface area (Å²) in [5, 5.41) is 29.5. The summed E-state index contributed by atoms with van der Waals surface area (Å²) in [6.45, 7) is 0. The highest BCUT2D eigenvalue weighted by Crippen LogP contribution is 2.42. The lowest BCUT2D eigenvalue weighted by Crippen LogP contribution is -2.24. The Morgan fingerprint density at radius 1 is 0.633 bits per heavy atom. The number of hydrogen-bond donors (Lipinski definition) is 3. The van der Waals surface area contributed by atoms with Crippen LogP contribution in [0.5, 0.6) is 11.5 Å². The summed E-state index contributed by atoms with van der Waals surface area (Å²) in [5.41, 5.74) is 4.11. The van der Waals surface area contributed by atoms with E-state index in [0.717, 1.165) is 16.7 Å². The zero-order valence-corrected chi connectivity index (χ0v) is 15.9. The second kappa shape index (κ2) is 8.01. The minimum atomic E-state index is -1.11. The number of amides is 1. The van der Waals surface area contributed by atoms with Gasteiger partial charge in [-0.15, -0.1) is 0 Å². The lowest BCUT2D eigenvalue weighted by Gasteiger charge is -2.24. The molecule has 5 heteroatoms. The van der Waals surface area contributed by atoms with E-state index < -0.39 is 6.09 Å². The van der Waals surface area contributed by atoms with Crippen molar-refractivity contribution in [1.82, 2.24) is 0 Å². The van der Waals surface area contributed by atoms with E-state index in [4.69, 9.17) is 0 Å². The van der Waals surface area contributed by atoms with Crippen molar-refractivity contribution < 1.29 is 20.1 Å². The van der Waals surface area contributed by atoms with Gasteiger partial charge in [0.15, 0.2) is 0 Å². The minimum Gasteiger partial charge on any atom is -0.508 e. The van der Waals surface area contributed by atoms with Crippen molar-refractivity contribution in [1.29, 1.82) is 0 Å². The van der Waals surface area contributed by atoms with Gasteiger partial charge >= 0.3 is 6.09 Å². The van der Waals surface area contributed by atoms with Crippen LogP contribution in [-0.2, 0) is 0 Å². The van der Waals surface area contributed by atoms with Crippen molar-refractivity contribution in [2.75, 3.05) is 4.90 Å². The first kappa shape index (κ1) is 19.1. The molecule has 0 atom stereocenters. The van der Waals surface area contributed by atoms with E-state index in [-0.39, 0.29) is 11.5 Å². The Morgan fingerprint density at radius 2 is 1.20 bits per heavy atom. The number of phenolic OH excluding ortho intramolecular Hbond substituents is 2. The molecule has 3 N–H and O–H groups in total. The third kappa shape index (κ3) is 3.69. The van der Waals surface area contributed by atoms with Crippen molar-refractivity contribution in [3.8, 4) is 33.8 Å². The van der Waals surface area contributed by atoms with Gasteiger partial charge in [-0.25, -0.2) is 9.69 Å². The number of hydrogen-bond acceptors (Lipinski definition) is 3. The first-order valence-electron chi connectivity index (χ1n) is 9.34. The molecule has 4 aromatic carbocycles. The van der Waals surface area contributed by atoms with Gasteiger partial charge < -0.3 is 15.3 Å². The Kier molecular flexibility index (Phi) is 5.09. The molecule has 148 valence electrons. The van der Waals surface area contributed by atoms with Crippen LogP contribution in [0.2, 0.25) is 0 Å². The van der Waals surface area contributed by atoms with E-state index in [1.165, 1.54) is 4.90 Å². The molecule has 4 rings (SSSR count). The molecule has 1 amide bonds. The highest BCUT2D eigenvalue weighted by Gasteiger charge is 2.23. The van der Waals surface area contributed by atoms with Crippen LogP contribution in [0, 0.1) is 0 Å². The van der Waals surface area contributed by atoms with Crippen molar-refractivity contribution in [2.24, 2.45) is 0 Å². The third-order valence-corrected chi connectivity index (χ3v) is 4.82. The number of carbonyl (C=O) groups is 1. The summed E-state index contributed by atoms with van der Waals surface area (Å²) in [6, 6.07) is 27.7. The average Bonchev–Trinajstić information content (AvgIpc) is 2.76. The van der Waals surface area contributed by atoms with Crippen LogP contribution in [0.15, 0.2) is 97.1 Å². The molecule has 0 aliphatic carbocycles. The van der Waals surface area contributed by atoms with E-state index in [1.54, 1.807) is 84.9 Å². The Hall–Kier alpha value is -4.25. The topological polar surface area (TPSA) is 81.0 Å². The van der Waals surface area contributed by atoms with E-state index in [9.17, 15) is 20.1 Å². The van der Waals surface area contributed by atoms with E-state index in [2.05, 4.69) is 0 Å². The summed E-state index contributed by atoms with van der Waals surface area (Å²) in [5.74, 6) is 0.276. The van der Waals surface area contributed by atoms with Crippen LogP contribution in [0.1, 0.15) is 0 Å². The first-order valence-corrected chi connectivity index (χ1v) is 9.34. The molecule has 0 saturated heterocycles. The average molecular weight is 397 g/mol. The Labute approximate surface area is 173 Å². The number of benzene rings is 4. The largest absolute Gasteiger partial charge is 0.508 e. The SMILES string of the molecule is O=C(O)N(c1ccccc1)c1cccc(-c2ccc(O)cc2)c1-c1ccc(O)cc1. The molecule has 0 aliphatic heterocycles. The summed E-state index contributed by atoms with van der Waals surface area (Å²) < 4.78 is 0. The molecule has 0 spiro atoms. The molecule has 0 aromatic heterocycles. The van der Waals surface area contributed by atoms with Crippen LogP contribution in [-0.4, -0.2) is 21.4 Å². The number of carboxylic acid groups (broad SMARTS) is 1. The van der Waals surface area contributed by atoms with Crippen molar-refractivity contribution in [2.45, 2.75) is 0 Å². The van der Waals surface area contributed by atoms with Crippen molar-refractivity contribution >= 4 is 17.5 Å². The maximum Gasteiger partial charge on any atom is 0.416 e. The summed E-state index contributed by atoms with van der Waals surface area (Å²) in [6.07, 6.45) is -1.11. The smallest absolute Gasteiger partial charge is 0.416 e. The van der Waals surface area contributed by atoms with Crippen LogP contribution in [0.4, 0.5) is 16.2 Å². The van der Waals surface area contributed by atoms with Gasteiger partial charge in [0.05, 0.1) is 11.4 Å². The molecule has 0 radical (unpaired) electrons. The Balaban J connectivity index is 2.00. The van der Waals surface area contributed by atoms with Crippen LogP contribution >= 0.6 is 0 Å². The monoisotopic (exact) mass is 397 g/mol. The normalized spacial score (nSPS) is 10.5. The molecule has 0 fully saturated rings. The van der Waals surface area contributed by atoms with Gasteiger partial charge in [0, 0.05) is 5.56 Å². The highest BCUT2D eigenvalue weighted by molar-refractivity contribution is 6.03. The molecule has 0 bridgehead atoms. The lowest BCUT2D eigenvalue weighted by atomic mass is 9.92. The predicted molar refractivity (Wildman–Crippen MR) is 117 cm³/mol. The maximum atomic E-state index is 12.3. The van der Waals surface area contributed by atoms with E-state index >= 15 is 0 Å². The van der Waals surface area contributed by atoms with Gasteiger partial charge in [0.2, 0.25) is 0 Å². The quantitative estimate of drug-likeness (QED) is 0.380. The number of nitrogens with zero attached hydrogens (tertiary/aromatic N) is 1. The molecule has 0 unspecified atom stereocenters. The number of aromatic hydroxyl groups is 2. The van der Waals surface area contributed by atoms with E-state index in [1.807, 2.05) is 12.1 Å². The highest BCUT2D eigenvalue weighted by atomic mass is 16.4. The van der Waals surface area contributed by atoms with Crippen LogP contribution in [0.3, 0.4) is 0 Å². The molecule has 5 nitrogen and oxygen atoms in total. The summed E-state index contributed by atoms with van der Waals surface area (Å²) >= 11 is 0. The minimum absolute atomic E-state index is 0.126. The van der Waals surface area contributed by atoms with Crippen LogP contribution in [0.25, 0.3) is 22.3 Å². The first-order chi connectivity index (χ1) is 14.5. The zero-order valence-electron chi connectivity index (χ0n) is 15.9. The predicted octanol–water partition coefficient (Wildman–Crippen LogP) is 6.25. The standard InChI is InChI=1S/C25H19NO4/c27-20-13-9-17(10-14-20)22-7-4-8-23(24(22)18-11-15-21(28)16-12-18)26(25(29)30)19-5-2-1-3-6-19/h1-16,27-28H,(H,29,30). The third-order valence-electron chi connectivity index (χ3n) is 4.82. The fraction of sp³-hybridized carbons (Fsp3) is 0. The molecule has 4 aromatic rings. The lowest BCUT2D eigenvalue weighted by molar-refractivity contribution is 0.205.